The van der Waals surface area contributed by atoms with Crippen LogP contribution in [0.25, 0.3) is 17.7 Å². The molecule has 0 saturated carbocycles. The zero-order valence-electron chi connectivity index (χ0n) is 19.6. The molecule has 2 N–H and O–H groups in total. The van der Waals surface area contributed by atoms with Crippen LogP contribution in [-0.2, 0) is 20.2 Å². The van der Waals surface area contributed by atoms with Crippen molar-refractivity contribution in [3.05, 3.63) is 89.5 Å². The van der Waals surface area contributed by atoms with Gasteiger partial charge in [-0.05, 0) is 67.1 Å². The molecule has 0 aliphatic carbocycles. The number of hydrogen-bond donors (Lipinski definition) is 2. The lowest BCUT2D eigenvalue weighted by Crippen LogP contribution is -2.02. The van der Waals surface area contributed by atoms with Crippen LogP contribution in [0.15, 0.2) is 87.0 Å². The van der Waals surface area contributed by atoms with E-state index in [4.69, 9.17) is 0 Å². The highest BCUT2D eigenvalue weighted by Gasteiger charge is 2.17. The van der Waals surface area contributed by atoms with E-state index in [-0.39, 0.29) is 31.7 Å². The minimum absolute atomic E-state index is 0. The quantitative estimate of drug-likeness (QED) is 0.172. The topological polar surface area (TPSA) is 133 Å². The maximum atomic E-state index is 12.1. The van der Waals surface area contributed by atoms with E-state index >= 15 is 0 Å². The molecule has 202 valence electrons. The van der Waals surface area contributed by atoms with Gasteiger partial charge in [-0.3, -0.25) is 19.1 Å². The summed E-state index contributed by atoms with van der Waals surface area (Å²) in [5.41, 5.74) is 4.06. The van der Waals surface area contributed by atoms with Crippen molar-refractivity contribution in [3.8, 4) is 0 Å². The Hall–Kier alpha value is -3.70. The lowest BCUT2D eigenvalue weighted by atomic mass is 10.0. The van der Waals surface area contributed by atoms with Crippen LogP contribution < -0.4 is 0 Å². The maximum Gasteiger partial charge on any atom is 0.295 e. The molecular weight excluding hydrogens is 524 g/mol. The zero-order valence-corrected chi connectivity index (χ0v) is 21.2. The van der Waals surface area contributed by atoms with Crippen molar-refractivity contribution in [1.29, 1.82) is 0 Å². The van der Waals surface area contributed by atoms with Gasteiger partial charge in [-0.2, -0.15) is 16.8 Å². The van der Waals surface area contributed by atoms with Crippen LogP contribution in [0.5, 0.6) is 0 Å². The van der Waals surface area contributed by atoms with Gasteiger partial charge >= 0.3 is 0 Å². The van der Waals surface area contributed by atoms with Gasteiger partial charge in [0.05, 0.1) is 11.4 Å². The molecule has 0 spiro atoms. The van der Waals surface area contributed by atoms with Crippen LogP contribution in [0.3, 0.4) is 0 Å². The molecule has 0 saturated heterocycles. The Labute approximate surface area is 225 Å². The molecule has 10 heteroatoms. The summed E-state index contributed by atoms with van der Waals surface area (Å²) >= 11 is 0. The molecule has 3 aromatic rings. The largest absolute Gasteiger partial charge is 0.295 e. The first kappa shape index (κ1) is 32.3. The van der Waals surface area contributed by atoms with Gasteiger partial charge in [0, 0.05) is 5.71 Å². The number of aliphatic imine (C=N–C) groups is 2. The Balaban J connectivity index is 0.00000361. The first-order valence-corrected chi connectivity index (χ1v) is 13.4. The smallest absolute Gasteiger partial charge is 0.282 e. The van der Waals surface area contributed by atoms with Crippen molar-refractivity contribution in [2.75, 3.05) is 0 Å². The van der Waals surface area contributed by atoms with E-state index in [1.165, 1.54) is 36.4 Å². The molecule has 0 fully saturated rings. The molecule has 0 amide bonds. The summed E-state index contributed by atoms with van der Waals surface area (Å²) in [7, 11) is -9.24. The van der Waals surface area contributed by atoms with Crippen molar-refractivity contribution in [3.63, 3.8) is 0 Å². The van der Waals surface area contributed by atoms with E-state index in [0.29, 0.717) is 11.4 Å². The maximum absolute atomic E-state index is 12.1. The van der Waals surface area contributed by atoms with Crippen LogP contribution in [0.2, 0.25) is 0 Å². The fourth-order valence-electron chi connectivity index (χ4n) is 3.37. The highest BCUT2D eigenvalue weighted by atomic mass is 32.2. The molecule has 0 unspecified atom stereocenters. The molecule has 0 aromatic heterocycles. The van der Waals surface area contributed by atoms with Crippen LogP contribution >= 0.6 is 0 Å². The van der Waals surface area contributed by atoms with E-state index < -0.39 is 30.0 Å². The lowest BCUT2D eigenvalue weighted by Gasteiger charge is -2.08. The van der Waals surface area contributed by atoms with E-state index in [1.54, 1.807) is 13.0 Å². The third-order valence-electron chi connectivity index (χ3n) is 5.27. The molecule has 0 atom stereocenters. The molecule has 8 nitrogen and oxygen atoms in total. The molecule has 0 bridgehead atoms. The van der Waals surface area contributed by atoms with Gasteiger partial charge in [0.15, 0.2) is 0 Å². The van der Waals surface area contributed by atoms with Gasteiger partial charge in [-0.15, -0.1) is 0 Å². The first-order chi connectivity index (χ1) is 16.8. The van der Waals surface area contributed by atoms with E-state index in [0.717, 1.165) is 22.8 Å². The van der Waals surface area contributed by atoms with Gasteiger partial charge < -0.3 is 0 Å². The van der Waals surface area contributed by atoms with Crippen LogP contribution in [-0.4, -0.2) is 38.4 Å². The van der Waals surface area contributed by atoms with Crippen LogP contribution in [0.4, 0.5) is 11.4 Å². The second-order valence-corrected chi connectivity index (χ2v) is 10.7. The van der Waals surface area contributed by atoms with Crippen molar-refractivity contribution in [1.82, 2.24) is 0 Å². The normalized spacial score (nSPS) is 11.9. The lowest BCUT2D eigenvalue weighted by molar-refractivity contribution is 0.480. The van der Waals surface area contributed by atoms with E-state index in [9.17, 15) is 25.9 Å². The third kappa shape index (κ3) is 7.90. The molecule has 3 aromatic carbocycles. The highest BCUT2D eigenvalue weighted by molar-refractivity contribution is 7.86. The average Bonchev–Trinajstić information content (AvgIpc) is 2.82. The fourth-order valence-corrected chi connectivity index (χ4v) is 4.78. The zero-order chi connectivity index (χ0) is 26.7. The fraction of sp³-hybridized carbons (Fsp3) is 0.143. The molecular formula is C28H32N2O6S2. The van der Waals surface area contributed by atoms with Crippen LogP contribution in [0.1, 0.15) is 51.0 Å². The SMILES string of the molecule is C.C.C=Nc1ccc(/C=C/c2ccc(N=C(C)c3ccc(C(=C)C)cc3)cc2S(=O)(=O)O)c(S(=O)(=O)O)c1. The predicted molar refractivity (Wildman–Crippen MR) is 157 cm³/mol. The number of hydrogen-bond acceptors (Lipinski definition) is 6. The molecule has 0 radical (unpaired) electrons. The van der Waals surface area contributed by atoms with Crippen molar-refractivity contribution in [2.24, 2.45) is 9.98 Å². The van der Waals surface area contributed by atoms with Gasteiger partial charge in [0.25, 0.3) is 20.2 Å². The van der Waals surface area contributed by atoms with Gasteiger partial charge in [-0.25, -0.2) is 0 Å². The summed E-state index contributed by atoms with van der Waals surface area (Å²) < 4.78 is 67.1. The van der Waals surface area contributed by atoms with Gasteiger partial charge in [0.1, 0.15) is 9.79 Å². The number of nitrogens with zero attached hydrogens (tertiary/aromatic N) is 2. The molecule has 38 heavy (non-hydrogen) atoms. The van der Waals surface area contributed by atoms with Crippen molar-refractivity contribution in [2.45, 2.75) is 38.5 Å². The van der Waals surface area contributed by atoms with E-state index in [1.807, 2.05) is 31.2 Å². The second-order valence-electron chi connectivity index (χ2n) is 7.94. The average molecular weight is 557 g/mol. The summed E-state index contributed by atoms with van der Waals surface area (Å²) in [6.07, 6.45) is 2.61. The Morgan fingerprint density at radius 3 is 1.58 bits per heavy atom. The Kier molecular flexibility index (Phi) is 10.8. The predicted octanol–water partition coefficient (Wildman–Crippen LogP) is 7.13. The number of allylic oxidation sites excluding steroid dienone is 1. The Morgan fingerprint density at radius 2 is 1.16 bits per heavy atom. The number of benzene rings is 3. The molecule has 0 aliphatic heterocycles. The summed E-state index contributed by atoms with van der Waals surface area (Å²) in [6.45, 7) is 10.9. The first-order valence-electron chi connectivity index (χ1n) is 10.5. The summed E-state index contributed by atoms with van der Waals surface area (Å²) in [4.78, 5) is 7.27. The summed E-state index contributed by atoms with van der Waals surface area (Å²) in [5.74, 6) is 0. The number of rotatable bonds is 8. The van der Waals surface area contributed by atoms with Crippen LogP contribution in [0, 0.1) is 0 Å². The Bertz CT molecular complexity index is 1620. The Morgan fingerprint density at radius 1 is 0.737 bits per heavy atom. The summed E-state index contributed by atoms with van der Waals surface area (Å²) in [5, 5.41) is 0. The standard InChI is InChI=1S/C26H24N2O6S2.2CH4/c1-17(2)19-5-7-20(8-6-19)18(3)28-24-14-12-22(26(16-24)36(32,33)34)10-9-21-11-13-23(27-4)15-25(21)35(29,30)31;;/h5-16H,1,4H2,2-3H3,(H,29,30,31)(H,32,33,34);2*1H4/b10-9+,28-18?;;. The van der Waals surface area contributed by atoms with Gasteiger partial charge in [-0.1, -0.05) is 75.6 Å². The summed E-state index contributed by atoms with van der Waals surface area (Å²) in [6, 6.07) is 15.8. The molecule has 0 aliphatic rings. The molecule has 3 rings (SSSR count). The van der Waals surface area contributed by atoms with Crippen molar-refractivity contribution >= 4 is 61.8 Å². The minimum Gasteiger partial charge on any atom is -0.282 e. The third-order valence-corrected chi connectivity index (χ3v) is 7.09. The van der Waals surface area contributed by atoms with Crippen molar-refractivity contribution < 1.29 is 25.9 Å². The van der Waals surface area contributed by atoms with Gasteiger partial charge in [0.2, 0.25) is 0 Å². The minimum atomic E-state index is -4.65. The highest BCUT2D eigenvalue weighted by Crippen LogP contribution is 2.28. The monoisotopic (exact) mass is 556 g/mol. The molecule has 0 heterocycles. The second kappa shape index (κ2) is 12.7. The van der Waals surface area contributed by atoms with E-state index in [2.05, 4.69) is 23.3 Å².